The summed E-state index contributed by atoms with van der Waals surface area (Å²) in [6.07, 6.45) is 1.83. The molecule has 1 aromatic carbocycles. The molecule has 0 bridgehead atoms. The predicted molar refractivity (Wildman–Crippen MR) is 145 cm³/mol. The normalized spacial score (nSPS) is 22.2. The summed E-state index contributed by atoms with van der Waals surface area (Å²) < 4.78 is 0. The van der Waals surface area contributed by atoms with Crippen molar-refractivity contribution >= 4 is 41.0 Å². The summed E-state index contributed by atoms with van der Waals surface area (Å²) >= 11 is 0. The van der Waals surface area contributed by atoms with E-state index in [9.17, 15) is 24.3 Å². The Bertz CT molecular complexity index is 1340. The second kappa shape index (κ2) is 10.8. The molecule has 5 heterocycles. The van der Waals surface area contributed by atoms with Crippen molar-refractivity contribution in [3.63, 3.8) is 0 Å². The van der Waals surface area contributed by atoms with Crippen LogP contribution in [0.1, 0.15) is 33.6 Å². The summed E-state index contributed by atoms with van der Waals surface area (Å²) in [5.41, 5.74) is 1.41. The molecule has 40 heavy (non-hydrogen) atoms. The number of carbonyl (C=O) groups is 4. The largest absolute Gasteiger partial charge is 0.395 e. The van der Waals surface area contributed by atoms with Gasteiger partial charge in [0.25, 0.3) is 11.8 Å². The average Bonchev–Trinajstić information content (AvgIpc) is 3.22. The van der Waals surface area contributed by atoms with Crippen LogP contribution in [0.15, 0.2) is 30.6 Å². The van der Waals surface area contributed by atoms with Crippen LogP contribution in [0.5, 0.6) is 0 Å². The van der Waals surface area contributed by atoms with Gasteiger partial charge in [-0.2, -0.15) is 0 Å². The Kier molecular flexibility index (Phi) is 7.07. The van der Waals surface area contributed by atoms with Gasteiger partial charge in [-0.05, 0) is 24.6 Å². The minimum atomic E-state index is -0.973. The summed E-state index contributed by atoms with van der Waals surface area (Å²) in [5.74, 6) is -0.232. The number of aliphatic hydroxyl groups excluding tert-OH is 1. The fourth-order valence-electron chi connectivity index (χ4n) is 5.87. The van der Waals surface area contributed by atoms with Gasteiger partial charge < -0.3 is 19.8 Å². The Hall–Kier alpha value is -4.10. The number of hydrogen-bond donors (Lipinski definition) is 2. The summed E-state index contributed by atoms with van der Waals surface area (Å²) in [5, 5.41) is 11.4. The van der Waals surface area contributed by atoms with Crippen LogP contribution in [-0.4, -0.2) is 120 Å². The molecule has 4 aliphatic rings. The number of hydrogen-bond acceptors (Lipinski definition) is 11. The molecule has 4 aliphatic heterocycles. The van der Waals surface area contributed by atoms with Crippen LogP contribution >= 0.6 is 0 Å². The van der Waals surface area contributed by atoms with Gasteiger partial charge in [0.1, 0.15) is 24.0 Å². The third kappa shape index (κ3) is 4.86. The van der Waals surface area contributed by atoms with Gasteiger partial charge in [0, 0.05) is 77.1 Å². The third-order valence-electron chi connectivity index (χ3n) is 8.14. The number of anilines is 3. The summed E-state index contributed by atoms with van der Waals surface area (Å²) in [6.45, 7) is 7.21. The van der Waals surface area contributed by atoms with Crippen molar-refractivity contribution in [1.82, 2.24) is 25.1 Å². The number of β-amino-alcohol motifs (C(OH)–C–C–N with tert-alkyl or cyclic N) is 1. The maximum absolute atomic E-state index is 13.2. The SMILES string of the molecule is O=C1CC[C@H](N2C(=O)c3ccc(N4CCN(c5cc(N6CCN(CCO)CC6)ncn5)CC4)cc3C2=O)C(=O)N1. The first-order valence-electron chi connectivity index (χ1n) is 13.7. The van der Waals surface area contributed by atoms with Gasteiger partial charge in [-0.25, -0.2) is 9.97 Å². The molecule has 0 radical (unpaired) electrons. The molecule has 13 nitrogen and oxygen atoms in total. The standard InChI is InChI=1S/C27H32N8O5/c36-14-13-31-5-7-33(8-6-31)22-16-23(29-17-28-22)34-11-9-32(10-12-34)18-1-2-19-20(15-18)27(40)35(26(19)39)21-3-4-24(37)30-25(21)38/h1-2,15-17,21,36H,3-14H2,(H,30,37,38)/t21-/m0/s1. The molecule has 6 rings (SSSR count). The number of nitrogens with one attached hydrogen (secondary N) is 1. The van der Waals surface area contributed by atoms with Crippen LogP contribution in [0.2, 0.25) is 0 Å². The molecular weight excluding hydrogens is 516 g/mol. The quantitative estimate of drug-likeness (QED) is 0.443. The van der Waals surface area contributed by atoms with E-state index in [1.54, 1.807) is 18.5 Å². The van der Waals surface area contributed by atoms with Crippen LogP contribution in [-0.2, 0) is 9.59 Å². The number of nitrogens with zero attached hydrogens (tertiary/aromatic N) is 7. The van der Waals surface area contributed by atoms with Crippen molar-refractivity contribution in [3.05, 3.63) is 41.7 Å². The topological polar surface area (TPSA) is 143 Å². The fraction of sp³-hybridized carbons (Fsp3) is 0.481. The van der Waals surface area contributed by atoms with E-state index >= 15 is 0 Å². The second-order valence-electron chi connectivity index (χ2n) is 10.4. The van der Waals surface area contributed by atoms with Gasteiger partial charge in [-0.15, -0.1) is 0 Å². The van der Waals surface area contributed by atoms with E-state index in [4.69, 9.17) is 0 Å². The van der Waals surface area contributed by atoms with Crippen molar-refractivity contribution in [1.29, 1.82) is 0 Å². The summed E-state index contributed by atoms with van der Waals surface area (Å²) in [7, 11) is 0. The highest BCUT2D eigenvalue weighted by molar-refractivity contribution is 6.23. The number of piperazine rings is 2. The maximum atomic E-state index is 13.2. The van der Waals surface area contributed by atoms with Crippen molar-refractivity contribution in [2.75, 3.05) is 80.2 Å². The average molecular weight is 549 g/mol. The monoisotopic (exact) mass is 548 g/mol. The smallest absolute Gasteiger partial charge is 0.262 e. The number of imide groups is 2. The Morgan fingerprint density at radius 3 is 2.08 bits per heavy atom. The second-order valence-corrected chi connectivity index (χ2v) is 10.4. The summed E-state index contributed by atoms with van der Waals surface area (Å²) in [6, 6.07) is 6.28. The van der Waals surface area contributed by atoms with Gasteiger partial charge >= 0.3 is 0 Å². The number of piperidine rings is 1. The minimum absolute atomic E-state index is 0.0917. The molecule has 0 aliphatic carbocycles. The molecule has 1 atom stereocenters. The van der Waals surface area contributed by atoms with E-state index in [-0.39, 0.29) is 30.6 Å². The zero-order valence-corrected chi connectivity index (χ0v) is 22.2. The Labute approximate surface area is 231 Å². The van der Waals surface area contributed by atoms with Crippen molar-refractivity contribution in [2.24, 2.45) is 0 Å². The van der Waals surface area contributed by atoms with E-state index in [0.717, 1.165) is 61.5 Å². The van der Waals surface area contributed by atoms with Gasteiger partial charge in [0.15, 0.2) is 0 Å². The zero-order chi connectivity index (χ0) is 27.8. The first kappa shape index (κ1) is 26.1. The predicted octanol–water partition coefficient (Wildman–Crippen LogP) is -0.681. The number of aliphatic hydroxyl groups is 1. The first-order valence-corrected chi connectivity index (χ1v) is 13.7. The van der Waals surface area contributed by atoms with Crippen molar-refractivity contribution < 1.29 is 24.3 Å². The third-order valence-corrected chi connectivity index (χ3v) is 8.14. The number of rotatable bonds is 6. The Balaban J connectivity index is 1.10. The molecule has 0 unspecified atom stereocenters. The van der Waals surface area contributed by atoms with Crippen LogP contribution in [0.3, 0.4) is 0 Å². The molecule has 3 fully saturated rings. The zero-order valence-electron chi connectivity index (χ0n) is 22.2. The Morgan fingerprint density at radius 1 is 0.800 bits per heavy atom. The maximum Gasteiger partial charge on any atom is 0.262 e. The molecule has 1 aromatic heterocycles. The molecule has 4 amide bonds. The number of fused-ring (bicyclic) bond motifs is 1. The van der Waals surface area contributed by atoms with Crippen LogP contribution in [0, 0.1) is 0 Å². The van der Waals surface area contributed by atoms with Crippen LogP contribution in [0.25, 0.3) is 0 Å². The highest BCUT2D eigenvalue weighted by Gasteiger charge is 2.44. The summed E-state index contributed by atoms with van der Waals surface area (Å²) in [4.78, 5) is 68.9. The van der Waals surface area contributed by atoms with Gasteiger partial charge in [-0.1, -0.05) is 0 Å². The number of carbonyl (C=O) groups excluding carboxylic acids is 4. The highest BCUT2D eigenvalue weighted by atomic mass is 16.3. The number of aromatic nitrogens is 2. The van der Waals surface area contributed by atoms with E-state index in [2.05, 4.69) is 34.9 Å². The molecule has 3 saturated heterocycles. The molecule has 2 N–H and O–H groups in total. The van der Waals surface area contributed by atoms with Gasteiger partial charge in [0.05, 0.1) is 17.7 Å². The van der Waals surface area contributed by atoms with Crippen molar-refractivity contribution in [2.45, 2.75) is 18.9 Å². The molecule has 210 valence electrons. The first-order chi connectivity index (χ1) is 19.4. The van der Waals surface area contributed by atoms with E-state index in [1.807, 2.05) is 12.1 Å². The highest BCUT2D eigenvalue weighted by Crippen LogP contribution is 2.31. The molecular formula is C27H32N8O5. The minimum Gasteiger partial charge on any atom is -0.395 e. The van der Waals surface area contributed by atoms with Gasteiger partial charge in [0.2, 0.25) is 11.8 Å². The van der Waals surface area contributed by atoms with Crippen LogP contribution < -0.4 is 20.0 Å². The molecule has 0 spiro atoms. The van der Waals surface area contributed by atoms with Crippen molar-refractivity contribution in [3.8, 4) is 0 Å². The number of benzene rings is 1. The van der Waals surface area contributed by atoms with Crippen LogP contribution in [0.4, 0.5) is 17.3 Å². The lowest BCUT2D eigenvalue weighted by Gasteiger charge is -2.38. The fourth-order valence-corrected chi connectivity index (χ4v) is 5.87. The lowest BCUT2D eigenvalue weighted by molar-refractivity contribution is -0.136. The molecule has 0 saturated carbocycles. The van der Waals surface area contributed by atoms with E-state index in [0.29, 0.717) is 19.6 Å². The number of amides is 4. The van der Waals surface area contributed by atoms with E-state index < -0.39 is 29.7 Å². The lowest BCUT2D eigenvalue weighted by atomic mass is 10.0. The molecule has 2 aromatic rings. The molecule has 13 heteroatoms. The van der Waals surface area contributed by atoms with Gasteiger partial charge in [-0.3, -0.25) is 34.3 Å². The Morgan fingerprint density at radius 2 is 1.43 bits per heavy atom. The lowest BCUT2D eigenvalue weighted by Crippen LogP contribution is -2.54. The van der Waals surface area contributed by atoms with E-state index in [1.165, 1.54) is 0 Å².